The smallest absolute Gasteiger partial charge is 0.422 e. The number of hydrogen-bond acceptors (Lipinski definition) is 6. The molecule has 2 heterocycles. The van der Waals surface area contributed by atoms with E-state index in [2.05, 4.69) is 45.8 Å². The monoisotopic (exact) mass is 617 g/mol. The van der Waals surface area contributed by atoms with Crippen molar-refractivity contribution in [2.45, 2.75) is 31.7 Å². The lowest BCUT2D eigenvalue weighted by Crippen LogP contribution is -2.29. The fourth-order valence-electron chi connectivity index (χ4n) is 2.98. The number of pyridine rings is 1. The lowest BCUT2D eigenvalue weighted by Gasteiger charge is -2.16. The van der Waals surface area contributed by atoms with Crippen molar-refractivity contribution in [2.75, 3.05) is 13.2 Å². The average molecular weight is 618 g/mol. The highest BCUT2D eigenvalue weighted by Gasteiger charge is 2.33. The van der Waals surface area contributed by atoms with Gasteiger partial charge in [-0.3, -0.25) is 4.79 Å². The largest absolute Gasteiger partial charge is 0.488 e. The Labute approximate surface area is 217 Å². The molecule has 1 amide bonds. The van der Waals surface area contributed by atoms with Crippen LogP contribution >= 0.6 is 15.9 Å². The zero-order chi connectivity index (χ0) is 28.3. The van der Waals surface area contributed by atoms with E-state index in [4.69, 9.17) is 0 Å². The number of halogens is 9. The first-order valence-corrected chi connectivity index (χ1v) is 11.1. The summed E-state index contributed by atoms with van der Waals surface area (Å²) in [5.74, 6) is -1.66. The number of benzene rings is 1. The first kappa shape index (κ1) is 29.1. The Bertz CT molecular complexity index is 1270. The topological polar surface area (TPSA) is 91.2 Å². The number of carbonyl (C=O) groups is 1. The van der Waals surface area contributed by atoms with Gasteiger partial charge < -0.3 is 14.8 Å². The molecule has 2 aromatic heterocycles. The van der Waals surface area contributed by atoms with Crippen LogP contribution in [0.3, 0.4) is 0 Å². The van der Waals surface area contributed by atoms with Crippen molar-refractivity contribution in [1.29, 1.82) is 0 Å². The van der Waals surface area contributed by atoms with E-state index in [1.54, 1.807) is 0 Å². The first-order chi connectivity index (χ1) is 17.6. The molecule has 0 spiro atoms. The second-order valence-corrected chi connectivity index (χ2v) is 8.26. The van der Waals surface area contributed by atoms with E-state index in [-0.39, 0.29) is 22.1 Å². The molecule has 8 nitrogen and oxygen atoms in total. The number of aromatic nitrogens is 4. The van der Waals surface area contributed by atoms with Crippen molar-refractivity contribution in [2.24, 2.45) is 0 Å². The van der Waals surface area contributed by atoms with E-state index >= 15 is 0 Å². The molecule has 0 aliphatic heterocycles. The van der Waals surface area contributed by atoms with Gasteiger partial charge in [0.2, 0.25) is 4.73 Å². The number of ether oxygens (including phenoxy) is 2. The van der Waals surface area contributed by atoms with Gasteiger partial charge in [-0.1, -0.05) is 0 Å². The van der Waals surface area contributed by atoms with Gasteiger partial charge in [-0.05, 0) is 53.2 Å². The fourth-order valence-corrected chi connectivity index (χ4v) is 3.32. The Kier molecular flexibility index (Phi) is 8.79. The maximum absolute atomic E-state index is 13.3. The third kappa shape index (κ3) is 8.00. The van der Waals surface area contributed by atoms with Crippen LogP contribution in [-0.4, -0.2) is 51.5 Å². The van der Waals surface area contributed by atoms with Gasteiger partial charge in [0.25, 0.3) is 12.3 Å². The SMILES string of the molecule is CC(NC(=O)c1cc(OCC(F)F)cc(C(F)(F)F)c1)c1nc(Br)nn1-c1ccc(OCC(F)(F)F)cn1. The highest BCUT2D eigenvalue weighted by molar-refractivity contribution is 9.10. The number of nitrogens with one attached hydrogen (secondary N) is 1. The third-order valence-corrected chi connectivity index (χ3v) is 4.89. The molecule has 1 N–H and O–H groups in total. The van der Waals surface area contributed by atoms with Gasteiger partial charge in [0.15, 0.2) is 18.2 Å². The average Bonchev–Trinajstić information content (AvgIpc) is 3.22. The quantitative estimate of drug-likeness (QED) is 0.318. The molecule has 0 bridgehead atoms. The lowest BCUT2D eigenvalue weighted by molar-refractivity contribution is -0.153. The van der Waals surface area contributed by atoms with E-state index in [9.17, 15) is 39.9 Å². The Balaban J connectivity index is 1.82. The van der Waals surface area contributed by atoms with Gasteiger partial charge in [0, 0.05) is 5.56 Å². The van der Waals surface area contributed by atoms with E-state index < -0.39 is 60.8 Å². The summed E-state index contributed by atoms with van der Waals surface area (Å²) < 4.78 is 112. The molecule has 1 unspecified atom stereocenters. The van der Waals surface area contributed by atoms with Crippen LogP contribution in [0.2, 0.25) is 0 Å². The molecule has 3 rings (SSSR count). The molecule has 206 valence electrons. The first-order valence-electron chi connectivity index (χ1n) is 10.3. The number of nitrogens with zero attached hydrogens (tertiary/aromatic N) is 4. The van der Waals surface area contributed by atoms with Crippen molar-refractivity contribution >= 4 is 21.8 Å². The summed E-state index contributed by atoms with van der Waals surface area (Å²) >= 11 is 3.05. The number of rotatable bonds is 9. The van der Waals surface area contributed by atoms with Crippen molar-refractivity contribution in [3.8, 4) is 17.3 Å². The molecule has 0 radical (unpaired) electrons. The van der Waals surface area contributed by atoms with Crippen molar-refractivity contribution < 1.29 is 49.4 Å². The maximum Gasteiger partial charge on any atom is 0.422 e. The molecule has 17 heteroatoms. The Hall–Kier alpha value is -3.50. The van der Waals surface area contributed by atoms with Crippen LogP contribution in [0, 0.1) is 0 Å². The minimum Gasteiger partial charge on any atom is -0.488 e. The summed E-state index contributed by atoms with van der Waals surface area (Å²) in [4.78, 5) is 20.8. The molecular weight excluding hydrogens is 602 g/mol. The zero-order valence-corrected chi connectivity index (χ0v) is 20.5. The number of alkyl halides is 8. The summed E-state index contributed by atoms with van der Waals surface area (Å²) in [6.07, 6.45) is -11.4. The second-order valence-electron chi connectivity index (χ2n) is 7.55. The van der Waals surface area contributed by atoms with Gasteiger partial charge in [0.1, 0.15) is 18.1 Å². The maximum atomic E-state index is 13.3. The summed E-state index contributed by atoms with van der Waals surface area (Å²) in [5, 5.41) is 6.47. The van der Waals surface area contributed by atoms with Crippen LogP contribution in [-0.2, 0) is 6.18 Å². The van der Waals surface area contributed by atoms with Gasteiger partial charge >= 0.3 is 12.4 Å². The Morgan fingerprint density at radius 2 is 1.79 bits per heavy atom. The van der Waals surface area contributed by atoms with Crippen molar-refractivity contribution in [1.82, 2.24) is 25.1 Å². The Morgan fingerprint density at radius 3 is 2.37 bits per heavy atom. The van der Waals surface area contributed by atoms with Crippen LogP contribution in [0.5, 0.6) is 11.5 Å². The normalized spacial score (nSPS) is 12.9. The minimum absolute atomic E-state index is 0.0366. The summed E-state index contributed by atoms with van der Waals surface area (Å²) in [6.45, 7) is -1.28. The molecule has 1 atom stereocenters. The predicted octanol–water partition coefficient (Wildman–Crippen LogP) is 5.52. The molecule has 0 saturated carbocycles. The van der Waals surface area contributed by atoms with Crippen LogP contribution in [0.25, 0.3) is 5.82 Å². The second kappa shape index (κ2) is 11.5. The number of amides is 1. The highest BCUT2D eigenvalue weighted by atomic mass is 79.9. The number of hydrogen-bond donors (Lipinski definition) is 1. The van der Waals surface area contributed by atoms with Crippen LogP contribution in [0.15, 0.2) is 41.3 Å². The van der Waals surface area contributed by atoms with E-state index in [0.29, 0.717) is 12.1 Å². The van der Waals surface area contributed by atoms with Gasteiger partial charge in [-0.25, -0.2) is 18.7 Å². The van der Waals surface area contributed by atoms with E-state index in [1.807, 2.05) is 0 Å². The van der Waals surface area contributed by atoms with Crippen LogP contribution < -0.4 is 14.8 Å². The minimum atomic E-state index is -4.89. The standard InChI is InChI=1S/C21H16BrF8N5O3/c1-10(32-18(36)11-4-12(21(28,29)30)6-14(5-11)37-8-15(23)24)17-33-19(22)34-35(17)16-3-2-13(7-31-16)38-9-20(25,26)27/h2-7,10,15H,8-9H2,1H3,(H,32,36). The molecule has 0 aliphatic rings. The van der Waals surface area contributed by atoms with Crippen molar-refractivity contribution in [3.05, 3.63) is 58.2 Å². The van der Waals surface area contributed by atoms with E-state index in [1.165, 1.54) is 19.1 Å². The van der Waals surface area contributed by atoms with Gasteiger partial charge in [-0.15, -0.1) is 5.10 Å². The summed E-state index contributed by atoms with van der Waals surface area (Å²) in [6, 6.07) is 3.36. The van der Waals surface area contributed by atoms with Crippen LogP contribution in [0.4, 0.5) is 35.1 Å². The van der Waals surface area contributed by atoms with Crippen molar-refractivity contribution in [3.63, 3.8) is 0 Å². The molecule has 3 aromatic rings. The third-order valence-electron chi connectivity index (χ3n) is 4.55. The summed E-state index contributed by atoms with van der Waals surface area (Å²) in [5.41, 5.74) is -1.81. The zero-order valence-electron chi connectivity index (χ0n) is 18.9. The molecule has 0 fully saturated rings. The number of carbonyl (C=O) groups excluding carboxylic acids is 1. The van der Waals surface area contributed by atoms with Gasteiger partial charge in [0.05, 0.1) is 17.8 Å². The molecule has 38 heavy (non-hydrogen) atoms. The van der Waals surface area contributed by atoms with Crippen LogP contribution in [0.1, 0.15) is 34.7 Å². The fraction of sp³-hybridized carbons (Fsp3) is 0.333. The lowest BCUT2D eigenvalue weighted by atomic mass is 10.1. The van der Waals surface area contributed by atoms with Gasteiger partial charge in [-0.2, -0.15) is 31.0 Å². The molecule has 1 aromatic carbocycles. The molecule has 0 aliphatic carbocycles. The molecule has 0 saturated heterocycles. The molecular formula is C21H16BrF8N5O3. The Morgan fingerprint density at radius 1 is 1.08 bits per heavy atom. The van der Waals surface area contributed by atoms with E-state index in [0.717, 1.165) is 16.9 Å². The summed E-state index contributed by atoms with van der Waals surface area (Å²) in [7, 11) is 0. The highest BCUT2D eigenvalue weighted by Crippen LogP contribution is 2.33. The predicted molar refractivity (Wildman–Crippen MR) is 117 cm³/mol.